The highest BCUT2D eigenvalue weighted by Gasteiger charge is 2.28. The van der Waals surface area contributed by atoms with Crippen LogP contribution in [0.25, 0.3) is 0 Å². The van der Waals surface area contributed by atoms with Crippen LogP contribution in [0, 0.1) is 6.92 Å². The lowest BCUT2D eigenvalue weighted by Crippen LogP contribution is -2.34. The molecule has 2 N–H and O–H groups in total. The van der Waals surface area contributed by atoms with E-state index in [1.165, 1.54) is 6.20 Å². The second-order valence-corrected chi connectivity index (χ2v) is 8.25. The van der Waals surface area contributed by atoms with E-state index in [0.29, 0.717) is 11.1 Å². The Labute approximate surface area is 184 Å². The smallest absolute Gasteiger partial charge is 0.348 e. The van der Waals surface area contributed by atoms with Gasteiger partial charge in [-0.3, -0.25) is 15.1 Å². The number of thiocarbonyl (C=S) groups is 1. The molecule has 0 unspecified atom stereocenters. The van der Waals surface area contributed by atoms with Gasteiger partial charge < -0.3 is 14.8 Å². The van der Waals surface area contributed by atoms with Crippen LogP contribution in [0.2, 0.25) is 0 Å². The lowest BCUT2D eigenvalue weighted by Gasteiger charge is -2.12. The minimum Gasteiger partial charge on any atom is -0.459 e. The van der Waals surface area contributed by atoms with Crippen molar-refractivity contribution in [3.63, 3.8) is 0 Å². The van der Waals surface area contributed by atoms with E-state index in [9.17, 15) is 14.4 Å². The molecular formula is C20H23N3O5S2. The van der Waals surface area contributed by atoms with Crippen LogP contribution in [0.1, 0.15) is 63.6 Å². The first kappa shape index (κ1) is 23.4. The van der Waals surface area contributed by atoms with Gasteiger partial charge in [-0.1, -0.05) is 0 Å². The molecule has 0 fully saturated rings. The summed E-state index contributed by atoms with van der Waals surface area (Å²) in [5.74, 6) is -1.62. The molecule has 0 aliphatic rings. The highest BCUT2D eigenvalue weighted by molar-refractivity contribution is 7.80. The molecule has 0 atom stereocenters. The summed E-state index contributed by atoms with van der Waals surface area (Å²) in [4.78, 5) is 41.5. The van der Waals surface area contributed by atoms with E-state index in [4.69, 9.17) is 21.7 Å². The molecule has 2 rings (SSSR count). The maximum absolute atomic E-state index is 12.6. The molecule has 30 heavy (non-hydrogen) atoms. The number of anilines is 1. The van der Waals surface area contributed by atoms with Gasteiger partial charge in [0, 0.05) is 12.4 Å². The van der Waals surface area contributed by atoms with Gasteiger partial charge in [0.1, 0.15) is 9.88 Å². The molecule has 0 aromatic carbocycles. The van der Waals surface area contributed by atoms with E-state index in [2.05, 4.69) is 15.6 Å². The van der Waals surface area contributed by atoms with Crippen molar-refractivity contribution >= 4 is 51.5 Å². The van der Waals surface area contributed by atoms with Gasteiger partial charge in [-0.2, -0.15) is 0 Å². The Bertz CT molecular complexity index is 955. The zero-order valence-electron chi connectivity index (χ0n) is 17.3. The second kappa shape index (κ2) is 10.3. The van der Waals surface area contributed by atoms with Crippen molar-refractivity contribution in [3.05, 3.63) is 46.1 Å². The topological polar surface area (TPSA) is 107 Å². The lowest BCUT2D eigenvalue weighted by molar-refractivity contribution is 0.0378. The lowest BCUT2D eigenvalue weighted by atomic mass is 10.1. The van der Waals surface area contributed by atoms with Crippen molar-refractivity contribution in [2.75, 3.05) is 5.32 Å². The SMILES string of the molecule is Cc1c(C(=O)OC(C)C)sc(NC(=S)NC(=O)c2cccnc2)c1C(=O)OC(C)C. The number of amides is 1. The molecule has 1 amide bonds. The minimum atomic E-state index is -0.605. The molecule has 0 aliphatic carbocycles. The van der Waals surface area contributed by atoms with E-state index in [1.54, 1.807) is 52.9 Å². The van der Waals surface area contributed by atoms with Gasteiger partial charge in [-0.25, -0.2) is 9.59 Å². The Morgan fingerprint density at radius 1 is 1.10 bits per heavy atom. The van der Waals surface area contributed by atoms with Crippen LogP contribution in [-0.4, -0.2) is 40.2 Å². The number of hydrogen-bond donors (Lipinski definition) is 2. The molecule has 0 saturated carbocycles. The van der Waals surface area contributed by atoms with E-state index >= 15 is 0 Å². The van der Waals surface area contributed by atoms with E-state index in [0.717, 1.165) is 11.3 Å². The summed E-state index contributed by atoms with van der Waals surface area (Å²) in [6, 6.07) is 3.21. The number of rotatable bonds is 6. The molecule has 2 aromatic heterocycles. The van der Waals surface area contributed by atoms with Crippen LogP contribution in [0.5, 0.6) is 0 Å². The number of aromatic nitrogens is 1. The van der Waals surface area contributed by atoms with Gasteiger partial charge in [0.15, 0.2) is 5.11 Å². The molecule has 160 valence electrons. The summed E-state index contributed by atoms with van der Waals surface area (Å²) in [5.41, 5.74) is 0.909. The molecule has 0 aliphatic heterocycles. The number of hydrogen-bond acceptors (Lipinski definition) is 8. The average Bonchev–Trinajstić information content (AvgIpc) is 2.97. The van der Waals surface area contributed by atoms with Gasteiger partial charge in [0.2, 0.25) is 0 Å². The average molecular weight is 450 g/mol. The van der Waals surface area contributed by atoms with E-state index < -0.39 is 17.8 Å². The van der Waals surface area contributed by atoms with Crippen molar-refractivity contribution in [2.24, 2.45) is 0 Å². The summed E-state index contributed by atoms with van der Waals surface area (Å²) < 4.78 is 10.6. The molecule has 0 bridgehead atoms. The second-order valence-electron chi connectivity index (χ2n) is 6.82. The summed E-state index contributed by atoms with van der Waals surface area (Å²) in [7, 11) is 0. The summed E-state index contributed by atoms with van der Waals surface area (Å²) >= 11 is 6.21. The number of carbonyl (C=O) groups is 3. The number of nitrogens with zero attached hydrogens (tertiary/aromatic N) is 1. The first-order chi connectivity index (χ1) is 14.1. The van der Waals surface area contributed by atoms with Crippen molar-refractivity contribution in [1.29, 1.82) is 0 Å². The fraction of sp³-hybridized carbons (Fsp3) is 0.350. The van der Waals surface area contributed by atoms with Crippen LogP contribution < -0.4 is 10.6 Å². The minimum absolute atomic E-state index is 0.0347. The standard InChI is InChI=1S/C20H23N3O5S2/c1-10(2)27-18(25)14-12(5)15(19(26)28-11(3)4)30-17(14)23-20(29)22-16(24)13-7-6-8-21-9-13/h6-11H,1-5H3,(H2,22,23,24,29). The third-order valence-electron chi connectivity index (χ3n) is 3.60. The fourth-order valence-electron chi connectivity index (χ4n) is 2.39. The number of pyridine rings is 1. The Kier molecular flexibility index (Phi) is 8.01. The van der Waals surface area contributed by atoms with Crippen LogP contribution in [-0.2, 0) is 9.47 Å². The number of carbonyl (C=O) groups excluding carboxylic acids is 3. The van der Waals surface area contributed by atoms with E-state index in [-0.39, 0.29) is 32.8 Å². The predicted octanol–water partition coefficient (Wildman–Crippen LogP) is 3.71. The number of thiophene rings is 1. The van der Waals surface area contributed by atoms with Gasteiger partial charge in [-0.15, -0.1) is 11.3 Å². The molecule has 2 aromatic rings. The quantitative estimate of drug-likeness (QED) is 0.508. The molecular weight excluding hydrogens is 426 g/mol. The van der Waals surface area contributed by atoms with Crippen molar-refractivity contribution in [2.45, 2.75) is 46.8 Å². The Morgan fingerprint density at radius 3 is 2.30 bits per heavy atom. The third kappa shape index (κ3) is 6.07. The molecule has 10 heteroatoms. The van der Waals surface area contributed by atoms with Gasteiger partial charge in [-0.05, 0) is 64.5 Å². The zero-order chi connectivity index (χ0) is 22.4. The first-order valence-electron chi connectivity index (χ1n) is 9.17. The highest BCUT2D eigenvalue weighted by Crippen LogP contribution is 2.34. The fourth-order valence-corrected chi connectivity index (χ4v) is 3.73. The normalized spacial score (nSPS) is 10.6. The van der Waals surface area contributed by atoms with Gasteiger partial charge >= 0.3 is 11.9 Å². The number of nitrogens with one attached hydrogen (secondary N) is 2. The number of esters is 2. The maximum Gasteiger partial charge on any atom is 0.348 e. The summed E-state index contributed by atoms with van der Waals surface area (Å²) in [5, 5.41) is 5.59. The van der Waals surface area contributed by atoms with E-state index in [1.807, 2.05) is 0 Å². The predicted molar refractivity (Wildman–Crippen MR) is 118 cm³/mol. The Hall–Kier alpha value is -2.85. The zero-order valence-corrected chi connectivity index (χ0v) is 18.9. The summed E-state index contributed by atoms with van der Waals surface area (Å²) in [6.07, 6.45) is 2.28. The van der Waals surface area contributed by atoms with Crippen LogP contribution in [0.4, 0.5) is 5.00 Å². The highest BCUT2D eigenvalue weighted by atomic mass is 32.1. The molecule has 0 radical (unpaired) electrons. The first-order valence-corrected chi connectivity index (χ1v) is 10.4. The Morgan fingerprint density at radius 2 is 1.73 bits per heavy atom. The largest absolute Gasteiger partial charge is 0.459 e. The monoisotopic (exact) mass is 449 g/mol. The van der Waals surface area contributed by atoms with Crippen LogP contribution >= 0.6 is 23.6 Å². The van der Waals surface area contributed by atoms with Crippen molar-refractivity contribution < 1.29 is 23.9 Å². The third-order valence-corrected chi connectivity index (χ3v) is 4.99. The Balaban J connectivity index is 2.30. The molecule has 8 nitrogen and oxygen atoms in total. The summed E-state index contributed by atoms with van der Waals surface area (Å²) in [6.45, 7) is 8.54. The molecule has 2 heterocycles. The van der Waals surface area contributed by atoms with Crippen LogP contribution in [0.3, 0.4) is 0 Å². The van der Waals surface area contributed by atoms with Crippen molar-refractivity contribution in [1.82, 2.24) is 10.3 Å². The number of ether oxygens (including phenoxy) is 2. The van der Waals surface area contributed by atoms with Crippen molar-refractivity contribution in [3.8, 4) is 0 Å². The molecule has 0 saturated heterocycles. The van der Waals surface area contributed by atoms with Crippen LogP contribution in [0.15, 0.2) is 24.5 Å². The van der Waals surface area contributed by atoms with Gasteiger partial charge in [0.05, 0.1) is 23.3 Å². The van der Waals surface area contributed by atoms with Gasteiger partial charge in [0.25, 0.3) is 5.91 Å². The maximum atomic E-state index is 12.6. The molecule has 0 spiro atoms.